The lowest BCUT2D eigenvalue weighted by Crippen LogP contribution is -2.75. The molecule has 52 heavy (non-hydrogen) atoms. The maximum atomic E-state index is 7.17. The van der Waals surface area contributed by atoms with E-state index in [1.807, 2.05) is 110 Å². The SMILES string of the molecule is CC(OCc1ccccc1)OC12CC3(C1OCc1ccccc1)C(OCc1ccccc1)C3(OCc1ccccc1)C(COCc1ccccc1)O2. The van der Waals surface area contributed by atoms with Crippen molar-refractivity contribution in [2.45, 2.75) is 82.4 Å². The molecular formula is C45H46O7. The van der Waals surface area contributed by atoms with Gasteiger partial charge in [-0.3, -0.25) is 0 Å². The van der Waals surface area contributed by atoms with Crippen LogP contribution in [0.1, 0.15) is 41.2 Å². The van der Waals surface area contributed by atoms with Crippen LogP contribution in [-0.4, -0.2) is 42.6 Å². The molecule has 0 amide bonds. The highest BCUT2D eigenvalue weighted by molar-refractivity contribution is 5.43. The Balaban J connectivity index is 1.12. The minimum absolute atomic E-state index is 0.284. The number of ether oxygens (including phenoxy) is 7. The van der Waals surface area contributed by atoms with Gasteiger partial charge in [0.2, 0.25) is 0 Å². The maximum absolute atomic E-state index is 7.17. The first-order valence-corrected chi connectivity index (χ1v) is 18.2. The summed E-state index contributed by atoms with van der Waals surface area (Å²) in [6.07, 6.45) is -1.39. The molecule has 4 aliphatic rings. The third kappa shape index (κ3) is 6.86. The molecule has 0 radical (unpaired) electrons. The third-order valence-corrected chi connectivity index (χ3v) is 10.6. The molecule has 2 bridgehead atoms. The van der Waals surface area contributed by atoms with Crippen LogP contribution in [0.3, 0.4) is 0 Å². The summed E-state index contributed by atoms with van der Waals surface area (Å²) in [4.78, 5) is 0. The molecule has 2 aliphatic carbocycles. The lowest BCUT2D eigenvalue weighted by atomic mass is 9.66. The topological polar surface area (TPSA) is 64.6 Å². The molecule has 2 saturated heterocycles. The fraction of sp³-hybridized carbons (Fsp3) is 0.333. The molecule has 4 fully saturated rings. The van der Waals surface area contributed by atoms with Gasteiger partial charge in [0.1, 0.15) is 23.9 Å². The zero-order chi connectivity index (χ0) is 35.3. The second kappa shape index (κ2) is 15.4. The van der Waals surface area contributed by atoms with Crippen LogP contribution < -0.4 is 0 Å². The van der Waals surface area contributed by atoms with Gasteiger partial charge in [0.25, 0.3) is 0 Å². The Bertz CT molecular complexity index is 1840. The van der Waals surface area contributed by atoms with Crippen LogP contribution in [0.4, 0.5) is 0 Å². The minimum atomic E-state index is -1.10. The first-order chi connectivity index (χ1) is 25.6. The van der Waals surface area contributed by atoms with Gasteiger partial charge in [-0.25, -0.2) is 0 Å². The van der Waals surface area contributed by atoms with Crippen molar-refractivity contribution in [3.05, 3.63) is 179 Å². The van der Waals surface area contributed by atoms with Crippen molar-refractivity contribution in [2.24, 2.45) is 5.41 Å². The average Bonchev–Trinajstić information content (AvgIpc) is 3.81. The highest BCUT2D eigenvalue weighted by Gasteiger charge is 2.98. The first-order valence-electron chi connectivity index (χ1n) is 18.2. The van der Waals surface area contributed by atoms with Gasteiger partial charge in [-0.1, -0.05) is 152 Å². The Morgan fingerprint density at radius 1 is 0.558 bits per heavy atom. The van der Waals surface area contributed by atoms with Crippen molar-refractivity contribution in [2.75, 3.05) is 6.61 Å². The van der Waals surface area contributed by atoms with E-state index in [1.165, 1.54) is 0 Å². The van der Waals surface area contributed by atoms with Gasteiger partial charge in [0.15, 0.2) is 12.1 Å². The predicted octanol–water partition coefficient (Wildman–Crippen LogP) is 8.41. The molecule has 5 aromatic carbocycles. The predicted molar refractivity (Wildman–Crippen MR) is 197 cm³/mol. The monoisotopic (exact) mass is 698 g/mol. The van der Waals surface area contributed by atoms with Crippen LogP contribution in [0, 0.1) is 5.41 Å². The molecule has 1 spiro atoms. The van der Waals surface area contributed by atoms with Gasteiger partial charge in [-0.2, -0.15) is 0 Å². The molecule has 7 atom stereocenters. The third-order valence-electron chi connectivity index (χ3n) is 10.6. The summed E-state index contributed by atoms with van der Waals surface area (Å²) in [6, 6.07) is 51.0. The Kier molecular flexibility index (Phi) is 10.3. The zero-order valence-electron chi connectivity index (χ0n) is 29.6. The van der Waals surface area contributed by atoms with Crippen LogP contribution >= 0.6 is 0 Å². The van der Waals surface area contributed by atoms with Crippen LogP contribution in [0.5, 0.6) is 0 Å². The molecule has 0 aromatic heterocycles. The number of benzene rings is 5. The van der Waals surface area contributed by atoms with Crippen LogP contribution in [0.15, 0.2) is 152 Å². The standard InChI is InChI=1S/C45H46O7/c1-34(47-28-36-19-9-3-10-20-36)51-44-33-43(41(44)48-29-37-21-11-4-12-22-37)42(49-30-38-23-13-5-14-24-38)45(43,50-31-39-25-15-6-16-26-39)40(52-44)32-46-27-35-17-7-2-8-18-35/h2-26,34,40-42H,27-33H2,1H3. The lowest BCUT2D eigenvalue weighted by Gasteiger charge is -2.61. The summed E-state index contributed by atoms with van der Waals surface area (Å²) in [6.45, 7) is 4.26. The number of hydrogen-bond donors (Lipinski definition) is 0. The van der Waals surface area contributed by atoms with E-state index in [1.54, 1.807) is 0 Å². The zero-order valence-corrected chi connectivity index (χ0v) is 29.6. The van der Waals surface area contributed by atoms with E-state index in [-0.39, 0.29) is 12.7 Å². The largest absolute Gasteiger partial charge is 0.374 e. The second-order valence-corrected chi connectivity index (χ2v) is 14.0. The first kappa shape index (κ1) is 34.9. The Hall–Kier alpha value is -4.18. The van der Waals surface area contributed by atoms with E-state index in [9.17, 15) is 0 Å². The summed E-state index contributed by atoms with van der Waals surface area (Å²) in [7, 11) is 0. The van der Waals surface area contributed by atoms with Crippen molar-refractivity contribution in [3.63, 3.8) is 0 Å². The van der Waals surface area contributed by atoms with E-state index >= 15 is 0 Å². The summed E-state index contributed by atoms with van der Waals surface area (Å²) in [5.74, 6) is -1.10. The quantitative estimate of drug-likeness (QED) is 0.0852. The second-order valence-electron chi connectivity index (χ2n) is 14.0. The fourth-order valence-electron chi connectivity index (χ4n) is 8.23. The van der Waals surface area contributed by atoms with Gasteiger partial charge in [-0.15, -0.1) is 0 Å². The van der Waals surface area contributed by atoms with Crippen LogP contribution in [0.25, 0.3) is 0 Å². The molecule has 7 heteroatoms. The Morgan fingerprint density at radius 2 is 1.00 bits per heavy atom. The fourth-order valence-corrected chi connectivity index (χ4v) is 8.23. The van der Waals surface area contributed by atoms with E-state index in [0.717, 1.165) is 27.8 Å². The molecule has 2 saturated carbocycles. The Morgan fingerprint density at radius 3 is 1.52 bits per heavy atom. The molecule has 9 rings (SSSR count). The summed E-state index contributed by atoms with van der Waals surface area (Å²) in [5, 5.41) is 0. The molecular weight excluding hydrogens is 652 g/mol. The van der Waals surface area contributed by atoms with Gasteiger partial charge in [0.05, 0.1) is 45.1 Å². The van der Waals surface area contributed by atoms with E-state index in [0.29, 0.717) is 39.5 Å². The van der Waals surface area contributed by atoms with E-state index in [2.05, 4.69) is 48.5 Å². The molecule has 5 aromatic rings. The average molecular weight is 699 g/mol. The smallest absolute Gasteiger partial charge is 0.199 e. The number of fused-ring (bicyclic) bond motifs is 1. The van der Waals surface area contributed by atoms with Crippen molar-refractivity contribution in [1.82, 2.24) is 0 Å². The molecule has 268 valence electrons. The number of rotatable bonds is 18. The van der Waals surface area contributed by atoms with E-state index < -0.39 is 35.3 Å². The number of hydrogen-bond acceptors (Lipinski definition) is 7. The van der Waals surface area contributed by atoms with Crippen LogP contribution in [-0.2, 0) is 66.2 Å². The summed E-state index contributed by atoms with van der Waals surface area (Å²) in [5.41, 5.74) is 3.97. The maximum Gasteiger partial charge on any atom is 0.199 e. The van der Waals surface area contributed by atoms with Crippen molar-refractivity contribution < 1.29 is 33.2 Å². The van der Waals surface area contributed by atoms with Crippen molar-refractivity contribution >= 4 is 0 Å². The molecule has 7 unspecified atom stereocenters. The minimum Gasteiger partial charge on any atom is -0.374 e. The van der Waals surface area contributed by atoms with Gasteiger partial charge >= 0.3 is 0 Å². The van der Waals surface area contributed by atoms with Crippen molar-refractivity contribution in [3.8, 4) is 0 Å². The summed E-state index contributed by atoms with van der Waals surface area (Å²) >= 11 is 0. The summed E-state index contributed by atoms with van der Waals surface area (Å²) < 4.78 is 47.7. The van der Waals surface area contributed by atoms with Crippen LogP contribution in [0.2, 0.25) is 0 Å². The van der Waals surface area contributed by atoms with Gasteiger partial charge < -0.3 is 33.2 Å². The Labute approximate surface area is 306 Å². The lowest BCUT2D eigenvalue weighted by molar-refractivity contribution is -0.454. The van der Waals surface area contributed by atoms with Gasteiger partial charge in [-0.05, 0) is 34.7 Å². The molecule has 0 N–H and O–H groups in total. The highest BCUT2D eigenvalue weighted by Crippen LogP contribution is 2.81. The normalized spacial score (nSPS) is 27.7. The highest BCUT2D eigenvalue weighted by atomic mass is 16.8. The van der Waals surface area contributed by atoms with E-state index in [4.69, 9.17) is 33.2 Å². The van der Waals surface area contributed by atoms with Crippen molar-refractivity contribution in [1.29, 1.82) is 0 Å². The molecule has 2 aliphatic heterocycles. The van der Waals surface area contributed by atoms with Gasteiger partial charge in [0, 0.05) is 6.42 Å². The molecule has 2 heterocycles. The molecule has 7 nitrogen and oxygen atoms in total.